The van der Waals surface area contributed by atoms with E-state index in [1.54, 1.807) is 6.08 Å². The number of rotatable bonds is 13. The summed E-state index contributed by atoms with van der Waals surface area (Å²) in [5.41, 5.74) is 2.94. The minimum absolute atomic E-state index is 0.232. The fourth-order valence-electron chi connectivity index (χ4n) is 6.06. The SMILES string of the molecule is O=C1C=CCC[C@@]2(N1)O[C@H](COCc1ccccc1)[C@@H](OCc1ccccc1)[C@H](OCc1ccccc1)[C@H]2OCc1ccccc1. The van der Waals surface area contributed by atoms with E-state index in [0.29, 0.717) is 39.3 Å². The van der Waals surface area contributed by atoms with E-state index in [2.05, 4.69) is 5.32 Å². The Labute approximate surface area is 271 Å². The van der Waals surface area contributed by atoms with Crippen molar-refractivity contribution in [1.29, 1.82) is 0 Å². The molecule has 7 heteroatoms. The molecule has 0 aliphatic carbocycles. The highest BCUT2D eigenvalue weighted by Crippen LogP contribution is 2.39. The van der Waals surface area contributed by atoms with Gasteiger partial charge in [0, 0.05) is 6.42 Å². The Morgan fingerprint density at radius 3 is 1.65 bits per heavy atom. The van der Waals surface area contributed by atoms with Crippen molar-refractivity contribution in [1.82, 2.24) is 5.32 Å². The molecule has 2 heterocycles. The molecule has 7 nitrogen and oxygen atoms in total. The van der Waals surface area contributed by atoms with Gasteiger partial charge in [0.25, 0.3) is 0 Å². The Morgan fingerprint density at radius 1 is 0.630 bits per heavy atom. The maximum atomic E-state index is 13.1. The Morgan fingerprint density at radius 2 is 1.11 bits per heavy atom. The van der Waals surface area contributed by atoms with Gasteiger partial charge in [0.15, 0.2) is 5.72 Å². The molecular formula is C39H41NO6. The van der Waals surface area contributed by atoms with Crippen LogP contribution in [0.15, 0.2) is 133 Å². The van der Waals surface area contributed by atoms with Crippen LogP contribution < -0.4 is 5.32 Å². The number of ether oxygens (including phenoxy) is 5. The highest BCUT2D eigenvalue weighted by molar-refractivity contribution is 5.88. The number of hydrogen-bond donors (Lipinski definition) is 1. The minimum Gasteiger partial charge on any atom is -0.374 e. The second-order valence-electron chi connectivity index (χ2n) is 11.7. The number of hydrogen-bond acceptors (Lipinski definition) is 6. The van der Waals surface area contributed by atoms with Crippen LogP contribution in [-0.4, -0.2) is 42.7 Å². The van der Waals surface area contributed by atoms with Gasteiger partial charge in [-0.25, -0.2) is 0 Å². The third kappa shape index (κ3) is 8.37. The molecule has 0 unspecified atom stereocenters. The van der Waals surface area contributed by atoms with Crippen molar-refractivity contribution in [2.45, 2.75) is 69.4 Å². The fourth-order valence-corrected chi connectivity index (χ4v) is 6.06. The molecule has 5 atom stereocenters. The molecule has 0 bridgehead atoms. The number of benzene rings is 4. The molecule has 238 valence electrons. The van der Waals surface area contributed by atoms with Crippen molar-refractivity contribution >= 4 is 5.91 Å². The predicted molar refractivity (Wildman–Crippen MR) is 175 cm³/mol. The molecule has 2 aliphatic heterocycles. The minimum atomic E-state index is -1.18. The molecule has 4 aromatic carbocycles. The third-order valence-electron chi connectivity index (χ3n) is 8.33. The molecule has 1 spiro atoms. The van der Waals surface area contributed by atoms with Crippen molar-refractivity contribution in [2.24, 2.45) is 0 Å². The molecule has 46 heavy (non-hydrogen) atoms. The van der Waals surface area contributed by atoms with E-state index >= 15 is 0 Å². The van der Waals surface area contributed by atoms with Crippen LogP contribution in [0.25, 0.3) is 0 Å². The van der Waals surface area contributed by atoms with Crippen LogP contribution in [0.1, 0.15) is 35.1 Å². The second-order valence-corrected chi connectivity index (χ2v) is 11.7. The summed E-state index contributed by atoms with van der Waals surface area (Å²) in [5, 5.41) is 3.18. The molecule has 0 saturated carbocycles. The largest absolute Gasteiger partial charge is 0.374 e. The molecule has 1 saturated heterocycles. The highest BCUT2D eigenvalue weighted by atomic mass is 16.6. The van der Waals surface area contributed by atoms with Gasteiger partial charge in [-0.15, -0.1) is 0 Å². The molecule has 1 amide bonds. The van der Waals surface area contributed by atoms with Gasteiger partial charge in [0.05, 0.1) is 33.0 Å². The van der Waals surface area contributed by atoms with E-state index in [1.165, 1.54) is 0 Å². The van der Waals surface area contributed by atoms with E-state index in [-0.39, 0.29) is 12.5 Å². The maximum Gasteiger partial charge on any atom is 0.245 e. The van der Waals surface area contributed by atoms with Gasteiger partial charge < -0.3 is 29.0 Å². The van der Waals surface area contributed by atoms with Crippen molar-refractivity contribution in [3.8, 4) is 0 Å². The van der Waals surface area contributed by atoms with Gasteiger partial charge in [-0.3, -0.25) is 4.79 Å². The zero-order chi connectivity index (χ0) is 31.4. The fraction of sp³-hybridized carbons (Fsp3) is 0.308. The number of nitrogens with one attached hydrogen (secondary N) is 1. The first kappa shape index (κ1) is 31.9. The first-order chi connectivity index (χ1) is 22.7. The van der Waals surface area contributed by atoms with Crippen LogP contribution in [-0.2, 0) is 54.9 Å². The number of amides is 1. The summed E-state index contributed by atoms with van der Waals surface area (Å²) in [5.74, 6) is -0.236. The number of allylic oxidation sites excluding steroid dienone is 1. The number of carbonyl (C=O) groups excluding carboxylic acids is 1. The lowest BCUT2D eigenvalue weighted by atomic mass is 9.87. The van der Waals surface area contributed by atoms with E-state index < -0.39 is 30.1 Å². The topological polar surface area (TPSA) is 75.3 Å². The number of carbonyl (C=O) groups is 1. The molecule has 6 rings (SSSR count). The van der Waals surface area contributed by atoms with Crippen LogP contribution in [0.3, 0.4) is 0 Å². The summed E-state index contributed by atoms with van der Waals surface area (Å²) in [6.07, 6.45) is 2.13. The lowest BCUT2D eigenvalue weighted by Gasteiger charge is -2.52. The summed E-state index contributed by atoms with van der Waals surface area (Å²) in [6.45, 7) is 1.64. The maximum absolute atomic E-state index is 13.1. The van der Waals surface area contributed by atoms with Crippen molar-refractivity contribution in [2.75, 3.05) is 6.61 Å². The molecule has 4 aromatic rings. The van der Waals surface area contributed by atoms with Gasteiger partial charge in [-0.05, 0) is 34.8 Å². The predicted octanol–water partition coefficient (Wildman–Crippen LogP) is 6.52. The zero-order valence-corrected chi connectivity index (χ0v) is 25.9. The van der Waals surface area contributed by atoms with Gasteiger partial charge >= 0.3 is 0 Å². The molecule has 1 N–H and O–H groups in total. The molecule has 0 radical (unpaired) electrons. The van der Waals surface area contributed by atoms with Gasteiger partial charge in [-0.1, -0.05) is 127 Å². The Kier molecular flexibility index (Phi) is 11.0. The summed E-state index contributed by atoms with van der Waals surface area (Å²) >= 11 is 0. The van der Waals surface area contributed by atoms with E-state index in [9.17, 15) is 4.79 Å². The van der Waals surface area contributed by atoms with Crippen LogP contribution in [0.4, 0.5) is 0 Å². The van der Waals surface area contributed by atoms with Crippen molar-refractivity contribution < 1.29 is 28.5 Å². The average Bonchev–Trinajstić information content (AvgIpc) is 3.29. The zero-order valence-electron chi connectivity index (χ0n) is 25.9. The van der Waals surface area contributed by atoms with Crippen molar-refractivity contribution in [3.05, 3.63) is 156 Å². The van der Waals surface area contributed by atoms with Crippen LogP contribution in [0, 0.1) is 0 Å². The van der Waals surface area contributed by atoms with Gasteiger partial charge in [0.2, 0.25) is 5.91 Å². The molecule has 0 aromatic heterocycles. The summed E-state index contributed by atoms with van der Waals surface area (Å²) in [7, 11) is 0. The molecular weight excluding hydrogens is 578 g/mol. The van der Waals surface area contributed by atoms with Crippen LogP contribution in [0.5, 0.6) is 0 Å². The summed E-state index contributed by atoms with van der Waals surface area (Å²) < 4.78 is 33.5. The van der Waals surface area contributed by atoms with Gasteiger partial charge in [0.1, 0.15) is 24.4 Å². The molecule has 2 aliphatic rings. The van der Waals surface area contributed by atoms with Crippen molar-refractivity contribution in [3.63, 3.8) is 0 Å². The van der Waals surface area contributed by atoms with E-state index in [4.69, 9.17) is 23.7 Å². The second kappa shape index (κ2) is 15.9. The van der Waals surface area contributed by atoms with E-state index in [1.807, 2.05) is 127 Å². The standard InChI is InChI=1S/C39H41NO6/c41-35-23-13-14-24-39(40-35)38(45-28-33-21-11-4-12-22-33)37(44-27-32-19-9-3-10-20-32)36(43-26-31-17-7-2-8-18-31)34(46-39)29-42-25-30-15-5-1-6-16-30/h1-13,15-23,34,36-38H,14,24-29H2,(H,40,41)/t34-,36-,37+,38-,39-/m1/s1. The first-order valence-corrected chi connectivity index (χ1v) is 15.9. The smallest absolute Gasteiger partial charge is 0.245 e. The Balaban J connectivity index is 1.35. The monoisotopic (exact) mass is 619 g/mol. The first-order valence-electron chi connectivity index (χ1n) is 15.9. The van der Waals surface area contributed by atoms with Crippen LogP contribution >= 0.6 is 0 Å². The summed E-state index contributed by atoms with van der Waals surface area (Å²) in [4.78, 5) is 13.1. The van der Waals surface area contributed by atoms with E-state index in [0.717, 1.165) is 22.3 Å². The highest BCUT2D eigenvalue weighted by Gasteiger charge is 2.57. The van der Waals surface area contributed by atoms with Gasteiger partial charge in [-0.2, -0.15) is 0 Å². The summed E-state index contributed by atoms with van der Waals surface area (Å²) in [6, 6.07) is 40.1. The Hall–Kier alpha value is -4.11. The average molecular weight is 620 g/mol. The normalized spacial score (nSPS) is 24.4. The lowest BCUT2D eigenvalue weighted by molar-refractivity contribution is -0.315. The van der Waals surface area contributed by atoms with Crippen LogP contribution in [0.2, 0.25) is 0 Å². The quantitative estimate of drug-likeness (QED) is 0.184. The third-order valence-corrected chi connectivity index (χ3v) is 8.33. The molecule has 1 fully saturated rings. The Bertz CT molecular complexity index is 1520. The lowest BCUT2D eigenvalue weighted by Crippen LogP contribution is -2.72.